The third kappa shape index (κ3) is 3.65. The van der Waals surface area contributed by atoms with Crippen molar-refractivity contribution in [2.75, 3.05) is 5.32 Å². The van der Waals surface area contributed by atoms with Crippen molar-refractivity contribution >= 4 is 11.4 Å². The molecule has 4 nitrogen and oxygen atoms in total. The molecule has 1 fully saturated rings. The van der Waals surface area contributed by atoms with Gasteiger partial charge in [0.15, 0.2) is 0 Å². The van der Waals surface area contributed by atoms with E-state index < -0.39 is 23.1 Å². The second kappa shape index (κ2) is 5.91. The quantitative estimate of drug-likeness (QED) is 0.663. The highest BCUT2D eigenvalue weighted by Gasteiger charge is 2.45. The molecular formula is C14H17F3N2O2. The first-order valence-electron chi connectivity index (χ1n) is 6.87. The van der Waals surface area contributed by atoms with Crippen LogP contribution in [0.3, 0.4) is 0 Å². The molecule has 0 amide bonds. The Morgan fingerprint density at radius 1 is 1.29 bits per heavy atom. The van der Waals surface area contributed by atoms with Gasteiger partial charge in [0.2, 0.25) is 0 Å². The summed E-state index contributed by atoms with van der Waals surface area (Å²) < 4.78 is 39.2. The van der Waals surface area contributed by atoms with Crippen LogP contribution < -0.4 is 5.32 Å². The fourth-order valence-electron chi connectivity index (χ4n) is 2.82. The molecule has 1 aliphatic carbocycles. The molecular weight excluding hydrogens is 285 g/mol. The molecule has 0 saturated heterocycles. The average Bonchev–Trinajstić information content (AvgIpc) is 2.37. The van der Waals surface area contributed by atoms with E-state index in [-0.39, 0.29) is 17.8 Å². The Balaban J connectivity index is 2.27. The molecule has 0 radical (unpaired) electrons. The first-order valence-corrected chi connectivity index (χ1v) is 6.87. The number of nitro benzene ring substituents is 1. The lowest BCUT2D eigenvalue weighted by molar-refractivity contribution is -0.384. The lowest BCUT2D eigenvalue weighted by Crippen LogP contribution is -2.41. The molecule has 1 aromatic rings. The van der Waals surface area contributed by atoms with Crippen molar-refractivity contribution in [2.45, 2.75) is 44.8 Å². The summed E-state index contributed by atoms with van der Waals surface area (Å²) >= 11 is 0. The third-order valence-corrected chi connectivity index (χ3v) is 3.88. The second-order valence-electron chi connectivity index (χ2n) is 5.46. The van der Waals surface area contributed by atoms with E-state index in [2.05, 4.69) is 5.32 Å². The molecule has 1 saturated carbocycles. The van der Waals surface area contributed by atoms with Crippen LogP contribution in [0, 0.1) is 23.0 Å². The van der Waals surface area contributed by atoms with E-state index in [9.17, 15) is 23.3 Å². The predicted octanol–water partition coefficient (Wildman–Crippen LogP) is 4.44. The largest absolute Gasteiger partial charge is 0.393 e. The van der Waals surface area contributed by atoms with Crippen LogP contribution in [-0.2, 0) is 0 Å². The van der Waals surface area contributed by atoms with E-state index in [1.54, 1.807) is 13.0 Å². The summed E-state index contributed by atoms with van der Waals surface area (Å²) in [5, 5.41) is 13.8. The van der Waals surface area contributed by atoms with Gasteiger partial charge in [-0.05, 0) is 31.4 Å². The smallest absolute Gasteiger partial charge is 0.376 e. The summed E-state index contributed by atoms with van der Waals surface area (Å²) in [5.74, 6) is -1.45. The zero-order valence-corrected chi connectivity index (χ0v) is 11.6. The van der Waals surface area contributed by atoms with Gasteiger partial charge in [-0.2, -0.15) is 13.2 Å². The SMILES string of the molecule is Cc1ccc([N+](=O)[O-])c(NC2CCCCC2C(F)(F)F)c1. The molecule has 0 heterocycles. The molecule has 0 spiro atoms. The van der Waals surface area contributed by atoms with E-state index in [1.807, 2.05) is 0 Å². The van der Waals surface area contributed by atoms with Crippen LogP contribution in [0.1, 0.15) is 31.2 Å². The van der Waals surface area contributed by atoms with Crippen LogP contribution in [-0.4, -0.2) is 17.1 Å². The van der Waals surface area contributed by atoms with Gasteiger partial charge in [0.1, 0.15) is 5.69 Å². The monoisotopic (exact) mass is 302 g/mol. The highest BCUT2D eigenvalue weighted by atomic mass is 19.4. The molecule has 7 heteroatoms. The van der Waals surface area contributed by atoms with Crippen molar-refractivity contribution in [3.8, 4) is 0 Å². The van der Waals surface area contributed by atoms with Crippen molar-refractivity contribution in [1.82, 2.24) is 0 Å². The lowest BCUT2D eigenvalue weighted by Gasteiger charge is -2.34. The van der Waals surface area contributed by atoms with E-state index in [4.69, 9.17) is 0 Å². The third-order valence-electron chi connectivity index (χ3n) is 3.88. The topological polar surface area (TPSA) is 55.2 Å². The first kappa shape index (κ1) is 15.6. The van der Waals surface area contributed by atoms with Crippen LogP contribution in [0.5, 0.6) is 0 Å². The minimum Gasteiger partial charge on any atom is -0.376 e. The molecule has 2 rings (SSSR count). The summed E-state index contributed by atoms with van der Waals surface area (Å²) in [7, 11) is 0. The number of anilines is 1. The van der Waals surface area contributed by atoms with Crippen LogP contribution in [0.25, 0.3) is 0 Å². The lowest BCUT2D eigenvalue weighted by atomic mass is 9.84. The maximum Gasteiger partial charge on any atom is 0.393 e. The minimum atomic E-state index is -4.28. The molecule has 21 heavy (non-hydrogen) atoms. The maximum atomic E-state index is 13.1. The number of aryl methyl sites for hydroxylation is 1. The van der Waals surface area contributed by atoms with Crippen LogP contribution >= 0.6 is 0 Å². The Hall–Kier alpha value is -1.79. The number of alkyl halides is 3. The van der Waals surface area contributed by atoms with Gasteiger partial charge < -0.3 is 5.32 Å². The molecule has 1 aliphatic rings. The summed E-state index contributed by atoms with van der Waals surface area (Å²) in [6.45, 7) is 1.75. The Bertz CT molecular complexity index is 531. The highest BCUT2D eigenvalue weighted by Crippen LogP contribution is 2.40. The van der Waals surface area contributed by atoms with Crippen LogP contribution in [0.2, 0.25) is 0 Å². The summed E-state index contributed by atoms with van der Waals surface area (Å²) in [4.78, 5) is 10.4. The van der Waals surface area contributed by atoms with Gasteiger partial charge in [-0.3, -0.25) is 10.1 Å². The van der Waals surface area contributed by atoms with E-state index in [0.29, 0.717) is 19.3 Å². The van der Waals surface area contributed by atoms with Gasteiger partial charge in [-0.1, -0.05) is 18.9 Å². The molecule has 2 unspecified atom stereocenters. The molecule has 116 valence electrons. The predicted molar refractivity (Wildman–Crippen MR) is 73.3 cm³/mol. The molecule has 0 aliphatic heterocycles. The number of nitrogens with one attached hydrogen (secondary N) is 1. The van der Waals surface area contributed by atoms with Gasteiger partial charge >= 0.3 is 6.18 Å². The number of rotatable bonds is 3. The Kier molecular flexibility index (Phi) is 4.39. The number of hydrogen-bond donors (Lipinski definition) is 1. The highest BCUT2D eigenvalue weighted by molar-refractivity contribution is 5.63. The maximum absolute atomic E-state index is 13.1. The molecule has 0 aromatic heterocycles. The van der Waals surface area contributed by atoms with E-state index >= 15 is 0 Å². The van der Waals surface area contributed by atoms with Crippen molar-refractivity contribution < 1.29 is 18.1 Å². The number of benzene rings is 1. The molecule has 2 atom stereocenters. The van der Waals surface area contributed by atoms with Crippen molar-refractivity contribution in [3.05, 3.63) is 33.9 Å². The van der Waals surface area contributed by atoms with Crippen LogP contribution in [0.15, 0.2) is 18.2 Å². The van der Waals surface area contributed by atoms with Crippen molar-refractivity contribution in [1.29, 1.82) is 0 Å². The zero-order valence-electron chi connectivity index (χ0n) is 11.6. The summed E-state index contributed by atoms with van der Waals surface area (Å²) in [5.41, 5.74) is 0.746. The van der Waals surface area contributed by atoms with E-state index in [1.165, 1.54) is 12.1 Å². The Morgan fingerprint density at radius 3 is 2.57 bits per heavy atom. The number of halogens is 3. The first-order chi connectivity index (χ1) is 9.79. The minimum absolute atomic E-state index is 0.0702. The second-order valence-corrected chi connectivity index (χ2v) is 5.46. The zero-order chi connectivity index (χ0) is 15.6. The molecule has 1 N–H and O–H groups in total. The average molecular weight is 302 g/mol. The van der Waals surface area contributed by atoms with Crippen molar-refractivity contribution in [3.63, 3.8) is 0 Å². The van der Waals surface area contributed by atoms with Gasteiger partial charge in [0.05, 0.1) is 10.8 Å². The fraction of sp³-hybridized carbons (Fsp3) is 0.571. The van der Waals surface area contributed by atoms with E-state index in [0.717, 1.165) is 5.56 Å². The van der Waals surface area contributed by atoms with Gasteiger partial charge in [-0.25, -0.2) is 0 Å². The number of nitrogens with zero attached hydrogens (tertiary/aromatic N) is 1. The normalized spacial score (nSPS) is 22.9. The molecule has 1 aromatic carbocycles. The van der Waals surface area contributed by atoms with Crippen molar-refractivity contribution in [2.24, 2.45) is 5.92 Å². The number of nitro groups is 1. The number of hydrogen-bond acceptors (Lipinski definition) is 3. The van der Waals surface area contributed by atoms with Gasteiger partial charge in [-0.15, -0.1) is 0 Å². The summed E-state index contributed by atoms with van der Waals surface area (Å²) in [6, 6.07) is 3.62. The Labute approximate surface area is 120 Å². The van der Waals surface area contributed by atoms with Gasteiger partial charge in [0.25, 0.3) is 5.69 Å². The van der Waals surface area contributed by atoms with Gasteiger partial charge in [0, 0.05) is 12.1 Å². The standard InChI is InChI=1S/C14H17F3N2O2/c1-9-6-7-13(19(20)21)12(8-9)18-11-5-3-2-4-10(11)14(15,16)17/h6-8,10-11,18H,2-5H2,1H3. The fourth-order valence-corrected chi connectivity index (χ4v) is 2.82. The Morgan fingerprint density at radius 2 is 1.95 bits per heavy atom. The molecule has 0 bridgehead atoms. The summed E-state index contributed by atoms with van der Waals surface area (Å²) in [6.07, 6.45) is -2.60. The van der Waals surface area contributed by atoms with Crippen LogP contribution in [0.4, 0.5) is 24.5 Å².